The lowest BCUT2D eigenvalue weighted by Crippen LogP contribution is -2.60. The van der Waals surface area contributed by atoms with Gasteiger partial charge in [0.25, 0.3) is 0 Å². The molecule has 606 valence electrons. The molecule has 6 heteroatoms. The largest absolute Gasteiger partial charge is 0.310 e. The molecule has 4 aliphatic heterocycles. The molecule has 0 aliphatic carbocycles. The van der Waals surface area contributed by atoms with Crippen molar-refractivity contribution in [3.8, 4) is 27.9 Å². The molecule has 5 heterocycles. The molecule has 4 aliphatic rings. The van der Waals surface area contributed by atoms with E-state index in [0.717, 1.165) is 51.2 Å². The van der Waals surface area contributed by atoms with Crippen molar-refractivity contribution in [1.82, 2.24) is 4.57 Å². The molecular weight excluding hydrogens is 1520 g/mol. The van der Waals surface area contributed by atoms with Gasteiger partial charge in [-0.3, -0.25) is 0 Å². The van der Waals surface area contributed by atoms with Crippen LogP contribution >= 0.6 is 11.8 Å². The van der Waals surface area contributed by atoms with Crippen molar-refractivity contribution in [3.63, 3.8) is 0 Å². The van der Waals surface area contributed by atoms with Gasteiger partial charge < -0.3 is 19.3 Å². The lowest BCUT2D eigenvalue weighted by Gasteiger charge is -2.48. The Kier molecular flexibility index (Phi) is 18.3. The fourth-order valence-corrected chi connectivity index (χ4v) is 22.4. The lowest BCUT2D eigenvalue weighted by molar-refractivity contribution is 0.568. The Morgan fingerprint density at radius 2 is 0.653 bits per heavy atom. The van der Waals surface area contributed by atoms with E-state index >= 15 is 0 Å². The Labute approximate surface area is 737 Å². The van der Waals surface area contributed by atoms with Crippen LogP contribution < -0.4 is 31.1 Å². The first-order chi connectivity index (χ1) is 59.7. The molecule has 17 aromatic rings. The van der Waals surface area contributed by atoms with Crippen LogP contribution in [0.3, 0.4) is 0 Å². The molecule has 1 aromatic heterocycles. The van der Waals surface area contributed by atoms with Gasteiger partial charge in [-0.15, -0.1) is 0 Å². The summed E-state index contributed by atoms with van der Waals surface area (Å²) in [6, 6.07) is 141. The molecule has 0 bridgehead atoms. The normalized spacial score (nSPS) is 14.4. The predicted molar refractivity (Wildman–Crippen MR) is 528 cm³/mol. The van der Waals surface area contributed by atoms with Crippen LogP contribution in [0.4, 0.5) is 51.2 Å². The van der Waals surface area contributed by atoms with Gasteiger partial charge in [0, 0.05) is 60.1 Å². The SMILES string of the molecule is CC(C)(C)c1cccc(-c2cc(C(C)(C)C)cc(-c3cccc(C(C)(C)C)c3)c2N2c3cc(N4c5ccccc5C(c5ccccc5)(c5ccccc5)c5ccccc54)ccc3B3c4ccc5c(c4Sc4cc(N6c7ccccc7C(c7ccccc7)(c7ccccc7)c7ccccc76)cc2c43)c2ccccc2n5-c2cc(C(C)(C)C)cc(C(C)(C)C)c2)c1. The molecule has 0 fully saturated rings. The van der Waals surface area contributed by atoms with E-state index in [9.17, 15) is 0 Å². The molecule has 124 heavy (non-hydrogen) atoms. The van der Waals surface area contributed by atoms with Crippen LogP contribution in [-0.4, -0.2) is 11.3 Å². The summed E-state index contributed by atoms with van der Waals surface area (Å²) in [7, 11) is 0. The number of para-hydroxylation sites is 5. The maximum absolute atomic E-state index is 2.80. The minimum Gasteiger partial charge on any atom is -0.310 e. The molecule has 16 aromatic carbocycles. The van der Waals surface area contributed by atoms with Crippen LogP contribution in [0.25, 0.3) is 49.7 Å². The first-order valence-electron chi connectivity index (χ1n) is 44.3. The molecule has 21 rings (SSSR count). The minimum atomic E-state index is -0.704. The summed E-state index contributed by atoms with van der Waals surface area (Å²) in [4.78, 5) is 10.5. The zero-order valence-corrected chi connectivity index (χ0v) is 74.7. The van der Waals surface area contributed by atoms with Gasteiger partial charge in [0.15, 0.2) is 0 Å². The molecule has 0 saturated heterocycles. The van der Waals surface area contributed by atoms with Gasteiger partial charge in [0.05, 0.1) is 50.3 Å². The van der Waals surface area contributed by atoms with Crippen LogP contribution in [0, 0.1) is 0 Å². The third kappa shape index (κ3) is 12.3. The quantitative estimate of drug-likeness (QED) is 0.127. The predicted octanol–water partition coefficient (Wildman–Crippen LogP) is 29.7. The van der Waals surface area contributed by atoms with Crippen LogP contribution in [0.5, 0.6) is 0 Å². The summed E-state index contributed by atoms with van der Waals surface area (Å²) >= 11 is 1.97. The number of hydrogen-bond donors (Lipinski definition) is 0. The molecular formula is C118H105BN4S. The zero-order valence-electron chi connectivity index (χ0n) is 73.9. The van der Waals surface area contributed by atoms with Crippen LogP contribution in [-0.2, 0) is 37.9 Å². The van der Waals surface area contributed by atoms with E-state index in [4.69, 9.17) is 0 Å². The highest BCUT2D eigenvalue weighted by Crippen LogP contribution is 2.63. The standard InChI is InChI=1S/C118H105BN4S/c1-112(2,3)82-50-38-40-76(66-82)91-71-86(116(13,14)15)72-92(77-41-39-51-83(67-77)113(4,5)6)110(91)123-105-73-87(120-100-58-34-29-53-93(100)117(78-42-20-16-21-43-78,79-44-22-17-23-45-79)94-54-30-35-59-101(94)120)62-63-97(105)119-98-64-65-104-108(90-52-28-33-57-99(90)121(104)88-69-84(114(7,8)9)68-85(70-88)115(10,11)12)111(98)124-107-75-89(74-106(123)109(107)119)122-102-60-36-31-55-95(102)118(80-46-24-18-25-47-80,81-48-26-19-27-49-81)96-56-32-37-61-103(96)122/h16-75H,1-15H3. The summed E-state index contributed by atoms with van der Waals surface area (Å²) in [5.41, 5.74) is 36.0. The van der Waals surface area contributed by atoms with E-state index in [-0.39, 0.29) is 33.8 Å². The first-order valence-corrected chi connectivity index (χ1v) is 45.1. The fraction of sp³-hybridized carbons (Fsp3) is 0.186. The number of rotatable bonds is 10. The molecule has 0 unspecified atom stereocenters. The summed E-state index contributed by atoms with van der Waals surface area (Å²) in [5.74, 6) is 0. The second-order valence-corrected chi connectivity index (χ2v) is 41.1. The van der Waals surface area contributed by atoms with Gasteiger partial charge in [-0.1, -0.05) is 400 Å². The van der Waals surface area contributed by atoms with E-state index in [1.54, 1.807) is 0 Å². The van der Waals surface area contributed by atoms with Gasteiger partial charge in [-0.2, -0.15) is 0 Å². The molecule has 4 nitrogen and oxygen atoms in total. The highest BCUT2D eigenvalue weighted by Gasteiger charge is 2.51. The summed E-state index contributed by atoms with van der Waals surface area (Å²) in [6.07, 6.45) is 0. The van der Waals surface area contributed by atoms with Gasteiger partial charge in [-0.05, 0) is 206 Å². The molecule has 0 saturated carbocycles. The molecule has 0 spiro atoms. The average molecular weight is 1620 g/mol. The number of fused-ring (bicyclic) bond motifs is 12. The van der Waals surface area contributed by atoms with Crippen LogP contribution in [0.1, 0.15) is 176 Å². The number of aromatic nitrogens is 1. The first kappa shape index (κ1) is 78.4. The van der Waals surface area contributed by atoms with Crippen LogP contribution in [0.2, 0.25) is 0 Å². The summed E-state index contributed by atoms with van der Waals surface area (Å²) < 4.78 is 2.59. The Bertz CT molecular complexity index is 6830. The van der Waals surface area contributed by atoms with Crippen molar-refractivity contribution in [2.45, 2.75) is 152 Å². The van der Waals surface area contributed by atoms with E-state index in [1.165, 1.54) is 148 Å². The van der Waals surface area contributed by atoms with Crippen molar-refractivity contribution < 1.29 is 0 Å². The van der Waals surface area contributed by atoms with Crippen molar-refractivity contribution in [3.05, 3.63) is 436 Å². The lowest BCUT2D eigenvalue weighted by atomic mass is 9.34. The molecule has 0 atom stereocenters. The summed E-state index contributed by atoms with van der Waals surface area (Å²) in [6.45, 7) is 35.2. The number of benzene rings is 16. The molecule has 0 amide bonds. The second-order valence-electron chi connectivity index (χ2n) is 40.0. The highest BCUT2D eigenvalue weighted by molar-refractivity contribution is 8.00. The molecule has 0 radical (unpaired) electrons. The third-order valence-corrected chi connectivity index (χ3v) is 28.5. The van der Waals surface area contributed by atoms with Gasteiger partial charge >= 0.3 is 0 Å². The van der Waals surface area contributed by atoms with Gasteiger partial charge in [-0.25, -0.2) is 0 Å². The number of anilines is 9. The van der Waals surface area contributed by atoms with E-state index in [0.29, 0.717) is 0 Å². The highest BCUT2D eigenvalue weighted by atomic mass is 32.2. The molecule has 0 N–H and O–H groups in total. The Morgan fingerprint density at radius 3 is 1.10 bits per heavy atom. The smallest absolute Gasteiger partial charge is 0.249 e. The minimum absolute atomic E-state index is 0.107. The zero-order chi connectivity index (χ0) is 85.3. The second kappa shape index (κ2) is 28.9. The van der Waals surface area contributed by atoms with Crippen molar-refractivity contribution in [2.24, 2.45) is 0 Å². The average Bonchev–Trinajstić information content (AvgIpc) is 0.965. The Balaban J connectivity index is 0.928. The Morgan fingerprint density at radius 1 is 0.266 bits per heavy atom. The van der Waals surface area contributed by atoms with Gasteiger partial charge in [0.1, 0.15) is 0 Å². The van der Waals surface area contributed by atoms with Crippen molar-refractivity contribution in [2.75, 3.05) is 14.7 Å². The van der Waals surface area contributed by atoms with Gasteiger partial charge in [0.2, 0.25) is 6.71 Å². The van der Waals surface area contributed by atoms with Crippen LogP contribution in [0.15, 0.2) is 374 Å². The maximum atomic E-state index is 2.80. The number of hydrogen-bond acceptors (Lipinski definition) is 4. The number of nitrogens with zero attached hydrogens (tertiary/aromatic N) is 4. The monoisotopic (exact) mass is 1620 g/mol. The summed E-state index contributed by atoms with van der Waals surface area (Å²) in [5, 5.41) is 2.50. The van der Waals surface area contributed by atoms with Crippen molar-refractivity contribution in [1.29, 1.82) is 0 Å². The maximum Gasteiger partial charge on any atom is 0.249 e. The third-order valence-electron chi connectivity index (χ3n) is 27.3. The van der Waals surface area contributed by atoms with E-state index in [1.807, 2.05) is 11.8 Å². The fourth-order valence-electron chi connectivity index (χ4n) is 21.1. The van der Waals surface area contributed by atoms with E-state index < -0.39 is 10.8 Å². The Hall–Kier alpha value is -12.9. The van der Waals surface area contributed by atoms with Crippen molar-refractivity contribution >= 4 is 108 Å². The van der Waals surface area contributed by atoms with E-state index in [2.05, 4.69) is 487 Å². The topological polar surface area (TPSA) is 14.7 Å².